The Bertz CT molecular complexity index is 873. The highest BCUT2D eigenvalue weighted by atomic mass is 79.9. The van der Waals surface area contributed by atoms with E-state index < -0.39 is 16.0 Å². The summed E-state index contributed by atoms with van der Waals surface area (Å²) in [5.74, 6) is -0.737. The molecule has 0 bridgehead atoms. The zero-order chi connectivity index (χ0) is 17.9. The zero-order valence-electron chi connectivity index (χ0n) is 12.2. The van der Waals surface area contributed by atoms with Crippen LogP contribution in [-0.2, 0) is 16.6 Å². The average molecular weight is 436 g/mol. The molecule has 2 rings (SSSR count). The van der Waals surface area contributed by atoms with Crippen molar-refractivity contribution in [2.75, 3.05) is 6.54 Å². The van der Waals surface area contributed by atoms with Gasteiger partial charge in [0, 0.05) is 27.2 Å². The summed E-state index contributed by atoms with van der Waals surface area (Å²) in [4.78, 5) is 12.5. The minimum absolute atomic E-state index is 0.0796. The normalized spacial score (nSPS) is 11.5. The molecule has 0 amide bonds. The van der Waals surface area contributed by atoms with Gasteiger partial charge in [0.1, 0.15) is 5.82 Å². The molecule has 0 heterocycles. The van der Waals surface area contributed by atoms with Gasteiger partial charge in [-0.1, -0.05) is 27.5 Å². The molecule has 9 heteroatoms. The van der Waals surface area contributed by atoms with Crippen LogP contribution in [0.4, 0.5) is 4.39 Å². The maximum absolute atomic E-state index is 13.0. The summed E-state index contributed by atoms with van der Waals surface area (Å²) in [5.41, 5.74) is 1.31. The Hall–Kier alpha value is -1.32. The molecule has 128 valence electrons. The van der Waals surface area contributed by atoms with Crippen LogP contribution >= 0.6 is 27.5 Å². The van der Waals surface area contributed by atoms with Crippen molar-refractivity contribution in [2.24, 2.45) is 5.14 Å². The smallest absolute Gasteiger partial charge is 0.274 e. The van der Waals surface area contributed by atoms with Crippen LogP contribution in [0.2, 0.25) is 5.02 Å². The molecule has 0 spiro atoms. The number of halogens is 3. The molecule has 0 aliphatic carbocycles. The Labute approximate surface area is 152 Å². The number of rotatable bonds is 6. The molecule has 3 N–H and O–H groups in total. The number of nitrogens with one attached hydrogen (secondary N) is 1. The molecule has 5 nitrogen and oxygen atoms in total. The number of hydrogen-bond donors (Lipinski definition) is 2. The van der Waals surface area contributed by atoms with E-state index in [9.17, 15) is 17.6 Å². The molecule has 0 saturated heterocycles. The van der Waals surface area contributed by atoms with Crippen LogP contribution in [0, 0.1) is 5.82 Å². The lowest BCUT2D eigenvalue weighted by Gasteiger charge is -2.10. The third kappa shape index (κ3) is 5.09. The van der Waals surface area contributed by atoms with Crippen molar-refractivity contribution in [3.05, 3.63) is 68.4 Å². The molecule has 0 aliphatic rings. The maximum atomic E-state index is 13.0. The van der Waals surface area contributed by atoms with E-state index in [4.69, 9.17) is 16.7 Å². The first-order chi connectivity index (χ1) is 11.2. The Morgan fingerprint density at radius 3 is 2.46 bits per heavy atom. The van der Waals surface area contributed by atoms with Crippen LogP contribution in [0.1, 0.15) is 21.5 Å². The first-order valence-corrected chi connectivity index (χ1v) is 9.44. The van der Waals surface area contributed by atoms with E-state index in [0.717, 1.165) is 0 Å². The third-order valence-corrected chi connectivity index (χ3v) is 4.80. The summed E-state index contributed by atoms with van der Waals surface area (Å²) in [6.45, 7) is 0.0796. The van der Waals surface area contributed by atoms with Crippen molar-refractivity contribution < 1.29 is 17.6 Å². The molecule has 0 aromatic heterocycles. The molecule has 0 unspecified atom stereocenters. The summed E-state index contributed by atoms with van der Waals surface area (Å²) < 4.78 is 37.3. The lowest BCUT2D eigenvalue weighted by molar-refractivity contribution is 0.103. The first kappa shape index (κ1) is 19.0. The van der Waals surface area contributed by atoms with Crippen molar-refractivity contribution in [2.45, 2.75) is 6.42 Å². The minimum Gasteiger partial charge on any atom is -0.289 e. The molecule has 2 aromatic rings. The Kier molecular flexibility index (Phi) is 6.11. The van der Waals surface area contributed by atoms with Crippen molar-refractivity contribution >= 4 is 43.5 Å². The molecule has 0 aliphatic heterocycles. The quantitative estimate of drug-likeness (QED) is 0.684. The van der Waals surface area contributed by atoms with Crippen LogP contribution in [0.15, 0.2) is 40.9 Å². The van der Waals surface area contributed by atoms with E-state index in [1.54, 1.807) is 6.07 Å². The Morgan fingerprint density at radius 2 is 1.88 bits per heavy atom. The van der Waals surface area contributed by atoms with E-state index in [-0.39, 0.29) is 12.3 Å². The van der Waals surface area contributed by atoms with Crippen molar-refractivity contribution in [3.8, 4) is 0 Å². The van der Waals surface area contributed by atoms with E-state index in [1.165, 1.54) is 30.3 Å². The number of nitrogens with two attached hydrogens (primary N) is 1. The van der Waals surface area contributed by atoms with Crippen LogP contribution in [0.5, 0.6) is 0 Å². The van der Waals surface area contributed by atoms with Crippen LogP contribution in [0.25, 0.3) is 0 Å². The lowest BCUT2D eigenvalue weighted by atomic mass is 10.0. The van der Waals surface area contributed by atoms with Gasteiger partial charge in [-0.2, -0.15) is 8.42 Å². The van der Waals surface area contributed by atoms with Gasteiger partial charge in [0.25, 0.3) is 10.2 Å². The largest absolute Gasteiger partial charge is 0.289 e. The summed E-state index contributed by atoms with van der Waals surface area (Å²) in [6.07, 6.45) is 0.304. The Balaban J connectivity index is 2.22. The predicted octanol–water partition coefficient (Wildman–Crippen LogP) is 2.81. The van der Waals surface area contributed by atoms with Crippen molar-refractivity contribution in [1.82, 2.24) is 4.72 Å². The molecular weight excluding hydrogens is 423 g/mol. The van der Waals surface area contributed by atoms with Gasteiger partial charge in [0.15, 0.2) is 5.78 Å². The van der Waals surface area contributed by atoms with Gasteiger partial charge in [-0.25, -0.2) is 14.3 Å². The molecule has 0 atom stereocenters. The predicted molar refractivity (Wildman–Crippen MR) is 93.8 cm³/mol. The number of benzene rings is 2. The third-order valence-electron chi connectivity index (χ3n) is 3.18. The molecule has 0 fully saturated rings. The highest BCUT2D eigenvalue weighted by Crippen LogP contribution is 2.28. The van der Waals surface area contributed by atoms with Gasteiger partial charge in [-0.05, 0) is 48.4 Å². The van der Waals surface area contributed by atoms with Crippen molar-refractivity contribution in [1.29, 1.82) is 0 Å². The molecule has 2 aromatic carbocycles. The molecular formula is C15H13BrClFN2O3S. The van der Waals surface area contributed by atoms with E-state index in [1.807, 2.05) is 0 Å². The highest BCUT2D eigenvalue weighted by Gasteiger charge is 2.16. The fraction of sp³-hybridized carbons (Fsp3) is 0.133. The van der Waals surface area contributed by atoms with Gasteiger partial charge >= 0.3 is 0 Å². The van der Waals surface area contributed by atoms with Gasteiger partial charge < -0.3 is 0 Å². The van der Waals surface area contributed by atoms with Crippen molar-refractivity contribution in [3.63, 3.8) is 0 Å². The summed E-state index contributed by atoms with van der Waals surface area (Å²) in [5, 5.41) is 5.17. The second-order valence-electron chi connectivity index (χ2n) is 4.95. The maximum Gasteiger partial charge on any atom is 0.274 e. The fourth-order valence-corrected chi connectivity index (χ4v) is 3.25. The first-order valence-electron chi connectivity index (χ1n) is 6.73. The molecule has 0 radical (unpaired) electrons. The topological polar surface area (TPSA) is 89.3 Å². The van der Waals surface area contributed by atoms with Gasteiger partial charge in [0.05, 0.1) is 0 Å². The second-order valence-corrected chi connectivity index (χ2v) is 7.59. The minimum atomic E-state index is -3.77. The van der Waals surface area contributed by atoms with Crippen LogP contribution < -0.4 is 9.86 Å². The number of carbonyl (C=O) groups excluding carboxylic acids is 1. The van der Waals surface area contributed by atoms with E-state index >= 15 is 0 Å². The molecule has 24 heavy (non-hydrogen) atoms. The average Bonchev–Trinajstić information content (AvgIpc) is 2.49. The lowest BCUT2D eigenvalue weighted by Crippen LogP contribution is -2.32. The van der Waals surface area contributed by atoms with E-state index in [0.29, 0.717) is 32.6 Å². The van der Waals surface area contributed by atoms with E-state index in [2.05, 4.69) is 20.7 Å². The van der Waals surface area contributed by atoms with Gasteiger partial charge in [-0.15, -0.1) is 0 Å². The van der Waals surface area contributed by atoms with Crippen LogP contribution in [-0.4, -0.2) is 20.7 Å². The fourth-order valence-electron chi connectivity index (χ4n) is 2.04. The summed E-state index contributed by atoms with van der Waals surface area (Å²) in [7, 11) is -3.77. The standard InChI is InChI=1S/C15H13BrClFN2O3S/c16-13-7-10(5-6-20-24(19,22)23)14(17)8-12(13)15(21)9-1-3-11(18)4-2-9/h1-4,7-8,20H,5-6H2,(H2,19,22,23). The zero-order valence-corrected chi connectivity index (χ0v) is 15.4. The summed E-state index contributed by atoms with van der Waals surface area (Å²) >= 11 is 9.47. The SMILES string of the molecule is NS(=O)(=O)NCCc1cc(Br)c(C(=O)c2ccc(F)cc2)cc1Cl. The monoisotopic (exact) mass is 434 g/mol. The van der Waals surface area contributed by atoms with Gasteiger partial charge in [-0.3, -0.25) is 4.79 Å². The Morgan fingerprint density at radius 1 is 1.25 bits per heavy atom. The number of ketones is 1. The molecule has 0 saturated carbocycles. The van der Waals surface area contributed by atoms with Gasteiger partial charge in [0.2, 0.25) is 0 Å². The summed E-state index contributed by atoms with van der Waals surface area (Å²) in [6, 6.07) is 8.32. The second kappa shape index (κ2) is 7.71. The number of hydrogen-bond acceptors (Lipinski definition) is 3. The highest BCUT2D eigenvalue weighted by molar-refractivity contribution is 9.10. The van der Waals surface area contributed by atoms with Crippen LogP contribution in [0.3, 0.4) is 0 Å². The number of carbonyl (C=O) groups is 1.